The molecule has 3 aromatic rings. The van der Waals surface area contributed by atoms with Crippen molar-refractivity contribution >= 4 is 29.4 Å². The molecule has 152 valence electrons. The number of thioether (sulfide) groups is 1. The molecule has 1 atom stereocenters. The minimum Gasteiger partial charge on any atom is -0.331 e. The highest BCUT2D eigenvalue weighted by Crippen LogP contribution is 2.30. The quantitative estimate of drug-likeness (QED) is 0.568. The number of halogens is 1. The summed E-state index contributed by atoms with van der Waals surface area (Å²) in [5, 5.41) is 13.2. The maximum absolute atomic E-state index is 12.1. The number of benzene rings is 2. The Hall–Kier alpha value is -2.51. The normalized spacial score (nSPS) is 11.9. The minimum atomic E-state index is -0.332. The second-order valence-electron chi connectivity index (χ2n) is 6.95. The third-order valence-corrected chi connectivity index (χ3v) is 5.65. The summed E-state index contributed by atoms with van der Waals surface area (Å²) in [6, 6.07) is 15.4. The number of urea groups is 1. The molecule has 3 rings (SSSR count). The van der Waals surface area contributed by atoms with Crippen molar-refractivity contribution < 1.29 is 4.79 Å². The van der Waals surface area contributed by atoms with E-state index in [0.717, 1.165) is 22.2 Å². The van der Waals surface area contributed by atoms with E-state index < -0.39 is 0 Å². The van der Waals surface area contributed by atoms with Gasteiger partial charge in [0, 0.05) is 24.9 Å². The first kappa shape index (κ1) is 21.2. The first-order valence-corrected chi connectivity index (χ1v) is 10.6. The number of hydrogen-bond donors (Lipinski definition) is 1. The molecular weight excluding hydrogens is 406 g/mol. The van der Waals surface area contributed by atoms with Gasteiger partial charge in [-0.1, -0.05) is 59.8 Å². The topological polar surface area (TPSA) is 63.1 Å². The Morgan fingerprint density at radius 3 is 2.62 bits per heavy atom. The van der Waals surface area contributed by atoms with Gasteiger partial charge in [-0.3, -0.25) is 4.57 Å². The third-order valence-electron chi connectivity index (χ3n) is 4.41. The summed E-state index contributed by atoms with van der Waals surface area (Å²) in [5.74, 6) is 1.41. The van der Waals surface area contributed by atoms with Gasteiger partial charge in [-0.25, -0.2) is 4.79 Å². The lowest BCUT2D eigenvalue weighted by molar-refractivity contribution is 0.213. The zero-order valence-electron chi connectivity index (χ0n) is 16.9. The molecule has 1 aromatic heterocycles. The van der Waals surface area contributed by atoms with Crippen molar-refractivity contribution in [3.05, 3.63) is 70.5 Å². The second-order valence-corrected chi connectivity index (χ2v) is 8.33. The molecule has 1 N–H and O–H groups in total. The summed E-state index contributed by atoms with van der Waals surface area (Å²) in [7, 11) is 3.41. The van der Waals surface area contributed by atoms with Gasteiger partial charge in [-0.05, 0) is 37.1 Å². The molecule has 0 aliphatic rings. The van der Waals surface area contributed by atoms with E-state index in [1.54, 1.807) is 25.9 Å². The molecule has 0 bridgehead atoms. The van der Waals surface area contributed by atoms with Crippen molar-refractivity contribution in [3.8, 4) is 5.69 Å². The molecule has 0 fully saturated rings. The average molecular weight is 430 g/mol. The minimum absolute atomic E-state index is 0.187. The van der Waals surface area contributed by atoms with Crippen molar-refractivity contribution in [2.24, 2.45) is 0 Å². The molecule has 0 radical (unpaired) electrons. The maximum atomic E-state index is 12.1. The number of carbonyl (C=O) groups is 1. The number of aryl methyl sites for hydroxylation is 1. The number of amides is 2. The predicted molar refractivity (Wildman–Crippen MR) is 118 cm³/mol. The SMILES string of the molecule is Cc1ccc(Cl)cc1-n1c(SCc2ccccc2)nnc1C(C)NC(=O)N(C)C. The van der Waals surface area contributed by atoms with Gasteiger partial charge in [0.15, 0.2) is 11.0 Å². The molecule has 1 heterocycles. The number of aromatic nitrogens is 3. The van der Waals surface area contributed by atoms with Gasteiger partial charge >= 0.3 is 6.03 Å². The number of rotatable bonds is 6. The Labute approximate surface area is 180 Å². The summed E-state index contributed by atoms with van der Waals surface area (Å²) in [5.41, 5.74) is 3.15. The average Bonchev–Trinajstić information content (AvgIpc) is 3.12. The zero-order chi connectivity index (χ0) is 21.0. The second kappa shape index (κ2) is 9.33. The summed E-state index contributed by atoms with van der Waals surface area (Å²) in [6.07, 6.45) is 0. The van der Waals surface area contributed by atoms with Crippen LogP contribution in [0.25, 0.3) is 5.69 Å². The van der Waals surface area contributed by atoms with Crippen LogP contribution in [-0.2, 0) is 5.75 Å². The highest BCUT2D eigenvalue weighted by molar-refractivity contribution is 7.98. The van der Waals surface area contributed by atoms with Gasteiger partial charge < -0.3 is 10.2 Å². The van der Waals surface area contributed by atoms with E-state index in [-0.39, 0.29) is 12.1 Å². The maximum Gasteiger partial charge on any atom is 0.317 e. The molecule has 0 spiro atoms. The van der Waals surface area contributed by atoms with Crippen molar-refractivity contribution in [3.63, 3.8) is 0 Å². The molecule has 1 unspecified atom stereocenters. The van der Waals surface area contributed by atoms with Crippen LogP contribution in [0.3, 0.4) is 0 Å². The molecule has 2 aromatic carbocycles. The van der Waals surface area contributed by atoms with E-state index in [1.807, 2.05) is 54.8 Å². The summed E-state index contributed by atoms with van der Waals surface area (Å²) in [4.78, 5) is 13.6. The van der Waals surface area contributed by atoms with E-state index >= 15 is 0 Å². The Balaban J connectivity index is 1.99. The summed E-state index contributed by atoms with van der Waals surface area (Å²) < 4.78 is 1.98. The highest BCUT2D eigenvalue weighted by atomic mass is 35.5. The van der Waals surface area contributed by atoms with Crippen LogP contribution in [-0.4, -0.2) is 39.8 Å². The molecule has 0 aliphatic carbocycles. The molecule has 0 aliphatic heterocycles. The number of hydrogen-bond acceptors (Lipinski definition) is 4. The van der Waals surface area contributed by atoms with Crippen LogP contribution in [0.5, 0.6) is 0 Å². The van der Waals surface area contributed by atoms with Crippen molar-refractivity contribution in [1.29, 1.82) is 0 Å². The van der Waals surface area contributed by atoms with Gasteiger partial charge in [-0.15, -0.1) is 10.2 Å². The van der Waals surface area contributed by atoms with E-state index in [0.29, 0.717) is 10.8 Å². The predicted octanol–water partition coefficient (Wildman–Crippen LogP) is 4.85. The van der Waals surface area contributed by atoms with Gasteiger partial charge in [0.25, 0.3) is 0 Å². The first-order chi connectivity index (χ1) is 13.9. The highest BCUT2D eigenvalue weighted by Gasteiger charge is 2.22. The fourth-order valence-corrected chi connectivity index (χ4v) is 3.88. The molecule has 0 saturated heterocycles. The van der Waals surface area contributed by atoms with Crippen LogP contribution in [0.15, 0.2) is 53.7 Å². The van der Waals surface area contributed by atoms with Crippen LogP contribution in [0, 0.1) is 6.92 Å². The fraction of sp³-hybridized carbons (Fsp3) is 0.286. The van der Waals surface area contributed by atoms with Crippen LogP contribution in [0.2, 0.25) is 5.02 Å². The molecule has 2 amide bonds. The summed E-state index contributed by atoms with van der Waals surface area (Å²) >= 11 is 7.88. The Bertz CT molecular complexity index is 990. The lowest BCUT2D eigenvalue weighted by atomic mass is 10.2. The van der Waals surface area contributed by atoms with E-state index in [4.69, 9.17) is 11.6 Å². The van der Waals surface area contributed by atoms with Gasteiger partial charge in [0.1, 0.15) is 0 Å². The zero-order valence-corrected chi connectivity index (χ0v) is 18.5. The molecule has 0 saturated carbocycles. The lowest BCUT2D eigenvalue weighted by Gasteiger charge is -2.20. The molecule has 8 heteroatoms. The van der Waals surface area contributed by atoms with Gasteiger partial charge in [0.05, 0.1) is 11.7 Å². The van der Waals surface area contributed by atoms with E-state index in [2.05, 4.69) is 27.6 Å². The van der Waals surface area contributed by atoms with Crippen molar-refractivity contribution in [1.82, 2.24) is 25.0 Å². The van der Waals surface area contributed by atoms with Crippen molar-refractivity contribution in [2.45, 2.75) is 30.8 Å². The Morgan fingerprint density at radius 1 is 1.21 bits per heavy atom. The van der Waals surface area contributed by atoms with E-state index in [9.17, 15) is 4.79 Å². The standard InChI is InChI=1S/C21H24ClN5OS/c1-14-10-11-17(22)12-18(14)27-19(15(2)23-20(28)26(3)4)24-25-21(27)29-13-16-8-6-5-7-9-16/h5-12,15H,13H2,1-4H3,(H,23,28). The Kier molecular flexibility index (Phi) is 6.82. The number of carbonyl (C=O) groups excluding carboxylic acids is 1. The van der Waals surface area contributed by atoms with Crippen LogP contribution in [0.4, 0.5) is 4.79 Å². The number of nitrogens with one attached hydrogen (secondary N) is 1. The van der Waals surface area contributed by atoms with Crippen LogP contribution < -0.4 is 5.32 Å². The molecule has 6 nitrogen and oxygen atoms in total. The number of nitrogens with zero attached hydrogens (tertiary/aromatic N) is 4. The lowest BCUT2D eigenvalue weighted by Crippen LogP contribution is -2.37. The smallest absolute Gasteiger partial charge is 0.317 e. The van der Waals surface area contributed by atoms with Gasteiger partial charge in [0.2, 0.25) is 0 Å². The van der Waals surface area contributed by atoms with Crippen molar-refractivity contribution in [2.75, 3.05) is 14.1 Å². The van der Waals surface area contributed by atoms with Crippen LogP contribution >= 0.6 is 23.4 Å². The third kappa shape index (κ3) is 5.10. The molecular formula is C21H24ClN5OS. The largest absolute Gasteiger partial charge is 0.331 e. The first-order valence-electron chi connectivity index (χ1n) is 9.23. The van der Waals surface area contributed by atoms with Crippen LogP contribution in [0.1, 0.15) is 29.9 Å². The van der Waals surface area contributed by atoms with Gasteiger partial charge in [-0.2, -0.15) is 0 Å². The fourth-order valence-electron chi connectivity index (χ4n) is 2.81. The Morgan fingerprint density at radius 2 is 1.93 bits per heavy atom. The monoisotopic (exact) mass is 429 g/mol. The van der Waals surface area contributed by atoms with E-state index in [1.165, 1.54) is 10.5 Å². The molecule has 29 heavy (non-hydrogen) atoms. The summed E-state index contributed by atoms with van der Waals surface area (Å²) in [6.45, 7) is 3.91.